The Morgan fingerprint density at radius 3 is 1.97 bits per heavy atom. The molecule has 3 heterocycles. The van der Waals surface area contributed by atoms with Crippen molar-refractivity contribution in [1.29, 1.82) is 0 Å². The Morgan fingerprint density at radius 1 is 0.795 bits per heavy atom. The fourth-order valence-electron chi connectivity index (χ4n) is 12.6. The molecule has 112 heavy (non-hydrogen) atoms. The lowest BCUT2D eigenvalue weighted by molar-refractivity contribution is -0.268. The van der Waals surface area contributed by atoms with Gasteiger partial charge in [-0.3, -0.25) is 57.5 Å². The van der Waals surface area contributed by atoms with Gasteiger partial charge in [-0.15, -0.1) is 0 Å². The summed E-state index contributed by atoms with van der Waals surface area (Å²) in [7, 11) is 3.47. The van der Waals surface area contributed by atoms with E-state index >= 15 is 19.2 Å². The number of piperidine rings is 1. The lowest BCUT2D eigenvalue weighted by Crippen LogP contribution is -2.69. The quantitative estimate of drug-likeness (QED) is 0.0264. The second-order valence-electron chi connectivity index (χ2n) is 30.4. The van der Waals surface area contributed by atoms with Crippen LogP contribution in [0.1, 0.15) is 141 Å². The number of cyclic esters (lactones) is 1. The number of hydrogen-bond donors (Lipinski definition) is 18. The van der Waals surface area contributed by atoms with E-state index in [0.29, 0.717) is 0 Å². The summed E-state index contributed by atoms with van der Waals surface area (Å²) in [6, 6.07) is -10.5. The number of nitrogens with zero attached hydrogens (tertiary/aromatic N) is 2. The molecule has 3 saturated heterocycles. The van der Waals surface area contributed by atoms with E-state index < -0.39 is 241 Å². The molecule has 0 spiro atoms. The number of allylic oxidation sites excluding steroid dienone is 3. The largest absolute Gasteiger partial charge is 0.462 e. The highest BCUT2D eigenvalue weighted by molar-refractivity contribution is 6.01. The number of methoxy groups -OCH3 is 2. The molecule has 3 aliphatic rings. The third-order valence-corrected chi connectivity index (χ3v) is 20.7. The minimum Gasteiger partial charge on any atom is -0.462 e. The van der Waals surface area contributed by atoms with Crippen LogP contribution in [0.4, 0.5) is 0 Å². The van der Waals surface area contributed by atoms with Crippen molar-refractivity contribution >= 4 is 76.9 Å². The molecule has 630 valence electrons. The SMILES string of the molecule is CC[C@@H](C)C=C(C)C=C[C@H](O)[C@](C)(O)C(=O)NCC(=O)N[C@@](C)(C(=O)NC(C(=O)N[C@H](C(=O)N[C@H]1C(=O)N[C@@H](COC)C(=O)NCC(=O)N[C@@H](C)C(=O)N(C)[C@@H]([C@H](C)O)C(=O)N[C@@H]([C@H](OC)c2ccc(O[C@H]3O[C@@H](C)[C@H](O)[C@@H](O)[C@@H]3O)cc2)C(=O)N2CCCC[C@@H]2C(=O)O[C@@H]1C(C)C)[C@H](C)C(C)(C)C(N)=O)[C@H](C)N)[C@H](C)O. The van der Waals surface area contributed by atoms with Crippen molar-refractivity contribution in [2.45, 2.75) is 256 Å². The molecular weight excluding hydrogens is 1470 g/mol. The van der Waals surface area contributed by atoms with Crippen LogP contribution in [-0.4, -0.2) is 291 Å². The molecule has 38 heteroatoms. The molecule has 4 rings (SSSR count). The van der Waals surface area contributed by atoms with E-state index in [1.165, 1.54) is 106 Å². The zero-order valence-corrected chi connectivity index (χ0v) is 66.9. The Bertz CT molecular complexity index is 3540. The molecule has 3 aliphatic heterocycles. The average molecular weight is 1590 g/mol. The second kappa shape index (κ2) is 41.8. The molecule has 1 unspecified atom stereocenters. The van der Waals surface area contributed by atoms with Crippen LogP contribution in [0.25, 0.3) is 0 Å². The average Bonchev–Trinajstić information content (AvgIpc) is 0.815. The first-order valence-electron chi connectivity index (χ1n) is 37.2. The van der Waals surface area contributed by atoms with Crippen molar-refractivity contribution in [3.8, 4) is 5.75 Å². The number of carbonyl (C=O) groups is 13. The van der Waals surface area contributed by atoms with Gasteiger partial charge in [0.2, 0.25) is 71.3 Å². The summed E-state index contributed by atoms with van der Waals surface area (Å²) >= 11 is 0. The fraction of sp³-hybridized carbons (Fsp3) is 0.689. The highest BCUT2D eigenvalue weighted by Crippen LogP contribution is 2.33. The van der Waals surface area contributed by atoms with Crippen molar-refractivity contribution in [2.24, 2.45) is 34.6 Å². The number of ether oxygens (including phenoxy) is 5. The lowest BCUT2D eigenvalue weighted by atomic mass is 9.74. The van der Waals surface area contributed by atoms with Gasteiger partial charge in [0.15, 0.2) is 5.60 Å². The molecule has 0 saturated carbocycles. The molecule has 12 amide bonds. The molecule has 1 aromatic rings. The zero-order chi connectivity index (χ0) is 85.1. The first-order chi connectivity index (χ1) is 52.0. The minimum atomic E-state index is -2.49. The number of carbonyl (C=O) groups excluding carboxylic acids is 13. The second-order valence-corrected chi connectivity index (χ2v) is 30.4. The zero-order valence-electron chi connectivity index (χ0n) is 66.9. The van der Waals surface area contributed by atoms with Crippen LogP contribution in [0.15, 0.2) is 48.1 Å². The predicted molar refractivity (Wildman–Crippen MR) is 400 cm³/mol. The van der Waals surface area contributed by atoms with Crippen LogP contribution in [0.2, 0.25) is 0 Å². The standard InChI is InChI=1S/C74H119N13O25/c1-19-35(4)30-36(5)23-28-47(90)74(15,107)71(106)78-32-49(92)85-73(14,42(11)89)70(105)84-51(38(7)75)62(98)81-50(37(6)72(12,13)69(76)104)61(97)82-52-58(34(2)3)112-67(103)46-22-20-21-29-87(46)66(102)53(59(109-18)43-24-26-44(27-25-43)111-68-57(95)56(94)55(93)41(10)110-68)83-64(100)54(40(9)88)86(16)65(101)39(8)79-48(91)31-77-60(96)45(33-108-17)80-63(52)99/h23-28,30,34-35,37-42,45-47,50-59,68,88-90,93-95,107H,19-22,29,31-33,75H2,1-18H3,(H2,76,104)(H,77,96)(H,78,106)(H,79,91)(H,80,99)(H,81,98)(H,82,97)(H,83,100)(H,84,105)(H,85,92)/t35-,37+,38+,39+,40+,41+,42+,45+,46-,47+,50+,51?,52-,53+,54+,55+,56-,57+,58-,59-,68-,73-,74+/m1/s1. The molecule has 0 aliphatic carbocycles. The molecule has 0 aromatic heterocycles. The van der Waals surface area contributed by atoms with E-state index in [0.717, 1.165) is 56.7 Å². The van der Waals surface area contributed by atoms with Crippen LogP contribution in [0.5, 0.6) is 5.75 Å². The topological polar surface area (TPSA) is 576 Å². The first-order valence-corrected chi connectivity index (χ1v) is 37.2. The maximum absolute atomic E-state index is 15.7. The number of nitrogens with one attached hydrogen (secondary N) is 9. The third-order valence-electron chi connectivity index (χ3n) is 20.7. The van der Waals surface area contributed by atoms with Gasteiger partial charge in [0, 0.05) is 39.3 Å². The maximum Gasteiger partial charge on any atom is 0.329 e. The summed E-state index contributed by atoms with van der Waals surface area (Å²) in [5, 5.41) is 97.3. The van der Waals surface area contributed by atoms with Crippen LogP contribution in [0, 0.1) is 23.2 Å². The smallest absolute Gasteiger partial charge is 0.329 e. The van der Waals surface area contributed by atoms with E-state index in [2.05, 4.69) is 47.9 Å². The summed E-state index contributed by atoms with van der Waals surface area (Å²) < 4.78 is 29.0. The molecule has 3 fully saturated rings. The summed E-state index contributed by atoms with van der Waals surface area (Å²) in [5.74, 6) is -17.2. The molecule has 38 nitrogen and oxygen atoms in total. The van der Waals surface area contributed by atoms with Gasteiger partial charge < -0.3 is 129 Å². The Morgan fingerprint density at radius 2 is 1.42 bits per heavy atom. The number of rotatable bonds is 29. The van der Waals surface area contributed by atoms with Gasteiger partial charge >= 0.3 is 5.97 Å². The summed E-state index contributed by atoms with van der Waals surface area (Å²) in [6.07, 6.45) is -10.1. The Balaban J connectivity index is 1.86. The Kier molecular flexibility index (Phi) is 35.7. The van der Waals surface area contributed by atoms with E-state index in [1.54, 1.807) is 6.92 Å². The molecule has 23 atom stereocenters. The van der Waals surface area contributed by atoms with Crippen LogP contribution >= 0.6 is 0 Å². The Hall–Kier alpha value is -8.83. The van der Waals surface area contributed by atoms with E-state index in [-0.39, 0.29) is 43.0 Å². The maximum atomic E-state index is 15.7. The normalized spacial score (nSPS) is 27.4. The molecular formula is C74H119N13O25. The van der Waals surface area contributed by atoms with Crippen molar-refractivity contribution in [3.63, 3.8) is 0 Å². The summed E-state index contributed by atoms with van der Waals surface area (Å²) in [4.78, 5) is 190. The number of likely N-dealkylation sites (N-methyl/N-ethyl adjacent to an activating group) is 1. The van der Waals surface area contributed by atoms with Gasteiger partial charge in [0.1, 0.15) is 96.2 Å². The number of esters is 1. The van der Waals surface area contributed by atoms with Crippen LogP contribution < -0.4 is 64.1 Å². The molecule has 20 N–H and O–H groups in total. The number of nitrogens with two attached hydrogens (primary N) is 2. The number of amides is 12. The molecule has 0 bridgehead atoms. The van der Waals surface area contributed by atoms with Crippen LogP contribution in [0.3, 0.4) is 0 Å². The predicted octanol–water partition coefficient (Wildman–Crippen LogP) is -5.03. The highest BCUT2D eigenvalue weighted by atomic mass is 16.7. The number of aliphatic hydroxyl groups excluding tert-OH is 6. The number of primary amides is 1. The molecule has 0 radical (unpaired) electrons. The van der Waals surface area contributed by atoms with Gasteiger partial charge in [-0.05, 0) is 110 Å². The van der Waals surface area contributed by atoms with E-state index in [1.807, 2.05) is 19.9 Å². The van der Waals surface area contributed by atoms with Crippen molar-refractivity contribution in [3.05, 3.63) is 53.6 Å². The Labute approximate surface area is 651 Å². The van der Waals surface area contributed by atoms with Crippen molar-refractivity contribution in [1.82, 2.24) is 57.7 Å². The number of fused-ring (bicyclic) bond motifs is 1. The van der Waals surface area contributed by atoms with Gasteiger partial charge in [0.25, 0.3) is 5.91 Å². The van der Waals surface area contributed by atoms with Crippen molar-refractivity contribution < 1.29 is 122 Å². The number of hydrogen-bond acceptors (Lipinski definition) is 26. The van der Waals surface area contributed by atoms with E-state index in [9.17, 15) is 78.9 Å². The fourth-order valence-corrected chi connectivity index (χ4v) is 12.6. The minimum absolute atomic E-state index is 0.0353. The summed E-state index contributed by atoms with van der Waals surface area (Å²) in [6.45, 7) is 18.1. The first kappa shape index (κ1) is 95.5. The van der Waals surface area contributed by atoms with E-state index in [4.69, 9.17) is 35.2 Å². The van der Waals surface area contributed by atoms with Gasteiger partial charge in [-0.25, -0.2) is 4.79 Å². The molecule has 1 aromatic carbocycles. The lowest BCUT2D eigenvalue weighted by Gasteiger charge is -2.40. The number of benzene rings is 1. The monoisotopic (exact) mass is 1590 g/mol. The van der Waals surface area contributed by atoms with Crippen molar-refractivity contribution in [2.75, 3.05) is 47.5 Å². The van der Waals surface area contributed by atoms with Gasteiger partial charge in [-0.1, -0.05) is 90.8 Å². The van der Waals surface area contributed by atoms with Gasteiger partial charge in [-0.2, -0.15) is 0 Å². The number of aliphatic hydroxyl groups is 7. The highest BCUT2D eigenvalue weighted by Gasteiger charge is 2.50. The third kappa shape index (κ3) is 24.6. The van der Waals surface area contributed by atoms with Crippen LogP contribution in [-0.2, 0) is 81.3 Å². The van der Waals surface area contributed by atoms with Gasteiger partial charge in [0.05, 0.1) is 38.0 Å². The summed E-state index contributed by atoms with van der Waals surface area (Å²) in [5.41, 5.74) is 6.54.